The highest BCUT2D eigenvalue weighted by atomic mass is 19.1. The summed E-state index contributed by atoms with van der Waals surface area (Å²) in [4.78, 5) is 19.5. The smallest absolute Gasteiger partial charge is 0.251 e. The Labute approximate surface area is 179 Å². The maximum atomic E-state index is 13.6. The van der Waals surface area contributed by atoms with Crippen LogP contribution in [0.2, 0.25) is 0 Å². The van der Waals surface area contributed by atoms with E-state index < -0.39 is 0 Å². The lowest BCUT2D eigenvalue weighted by molar-refractivity contribution is 0.259. The minimum Gasteiger partial charge on any atom is -0.354 e. The lowest BCUT2D eigenvalue weighted by Crippen LogP contribution is -2.47. The quantitative estimate of drug-likeness (QED) is 0.544. The summed E-state index contributed by atoms with van der Waals surface area (Å²) in [6, 6.07) is 10.8. The zero-order valence-electron chi connectivity index (χ0n) is 17.7. The van der Waals surface area contributed by atoms with Gasteiger partial charge in [-0.25, -0.2) is 4.39 Å². The number of hydrogen-bond acceptors (Lipinski definition) is 5. The van der Waals surface area contributed by atoms with Crippen molar-refractivity contribution in [2.75, 3.05) is 37.6 Å². The van der Waals surface area contributed by atoms with Gasteiger partial charge in [0.1, 0.15) is 5.82 Å². The van der Waals surface area contributed by atoms with E-state index in [1.54, 1.807) is 6.07 Å². The summed E-state index contributed by atoms with van der Waals surface area (Å²) in [6.45, 7) is 8.34. The third kappa shape index (κ3) is 3.70. The molecule has 0 unspecified atom stereocenters. The fourth-order valence-corrected chi connectivity index (χ4v) is 4.35. The number of piperazine rings is 1. The number of nitrogens with zero attached hydrogens (tertiary/aromatic N) is 3. The summed E-state index contributed by atoms with van der Waals surface area (Å²) in [6.07, 6.45) is 0.950. The SMILES string of the molecule is Cc1c(C)c2cc(CCN3CCN(c4noc5ccc(F)cc45)CC3)ccc2[nH]c1=O. The maximum Gasteiger partial charge on any atom is 0.251 e. The Bertz CT molecular complexity index is 1320. The van der Waals surface area contributed by atoms with Crippen molar-refractivity contribution in [3.63, 3.8) is 0 Å². The second-order valence-corrected chi connectivity index (χ2v) is 8.31. The standard InChI is InChI=1S/C24H25FN4O2/c1-15-16(2)24(30)26-21-5-3-17(13-19(15)21)7-8-28-9-11-29(12-10-28)23-20-14-18(25)4-6-22(20)31-27-23/h3-6,13-14H,7-12H2,1-2H3,(H,26,30). The van der Waals surface area contributed by atoms with Gasteiger partial charge in [0.15, 0.2) is 11.4 Å². The normalized spacial score (nSPS) is 15.3. The largest absolute Gasteiger partial charge is 0.354 e. The Morgan fingerprint density at radius 2 is 1.84 bits per heavy atom. The monoisotopic (exact) mass is 420 g/mol. The van der Waals surface area contributed by atoms with Crippen LogP contribution in [-0.4, -0.2) is 47.8 Å². The Kier molecular flexibility index (Phi) is 4.98. The van der Waals surface area contributed by atoms with E-state index in [4.69, 9.17) is 4.52 Å². The van der Waals surface area contributed by atoms with Crippen LogP contribution in [0.1, 0.15) is 16.7 Å². The van der Waals surface area contributed by atoms with Crippen LogP contribution in [0.15, 0.2) is 45.7 Å². The van der Waals surface area contributed by atoms with Crippen molar-refractivity contribution in [3.05, 3.63) is 69.3 Å². The average Bonchev–Trinajstić information content (AvgIpc) is 3.20. The Hall–Kier alpha value is -3.19. The second kappa shape index (κ2) is 7.81. The molecule has 0 saturated carbocycles. The molecule has 1 fully saturated rings. The van der Waals surface area contributed by atoms with E-state index in [0.29, 0.717) is 5.58 Å². The number of rotatable bonds is 4. The fourth-order valence-electron chi connectivity index (χ4n) is 4.35. The van der Waals surface area contributed by atoms with E-state index in [9.17, 15) is 9.18 Å². The molecule has 0 atom stereocenters. The molecule has 0 radical (unpaired) electrons. The number of halogens is 1. The third-order valence-electron chi connectivity index (χ3n) is 6.44. The molecule has 7 heteroatoms. The van der Waals surface area contributed by atoms with Crippen LogP contribution in [0, 0.1) is 19.7 Å². The van der Waals surface area contributed by atoms with Crippen LogP contribution >= 0.6 is 0 Å². The lowest BCUT2D eigenvalue weighted by Gasteiger charge is -2.34. The van der Waals surface area contributed by atoms with Gasteiger partial charge in [0.2, 0.25) is 0 Å². The van der Waals surface area contributed by atoms with Crippen molar-refractivity contribution in [1.29, 1.82) is 0 Å². The molecule has 2 aromatic heterocycles. The van der Waals surface area contributed by atoms with Gasteiger partial charge in [-0.05, 0) is 61.7 Å². The number of aromatic nitrogens is 2. The van der Waals surface area contributed by atoms with Crippen LogP contribution < -0.4 is 10.5 Å². The van der Waals surface area contributed by atoms with Gasteiger partial charge < -0.3 is 14.4 Å². The molecule has 1 N–H and O–H groups in total. The topological polar surface area (TPSA) is 65.4 Å². The van der Waals surface area contributed by atoms with Gasteiger partial charge in [-0.1, -0.05) is 11.2 Å². The number of hydrogen-bond donors (Lipinski definition) is 1. The first-order chi connectivity index (χ1) is 15.0. The van der Waals surface area contributed by atoms with E-state index in [-0.39, 0.29) is 11.4 Å². The number of pyridine rings is 1. The van der Waals surface area contributed by atoms with Crippen LogP contribution in [0.3, 0.4) is 0 Å². The molecule has 1 aliphatic heterocycles. The molecule has 0 amide bonds. The highest BCUT2D eigenvalue weighted by molar-refractivity contribution is 5.88. The first-order valence-electron chi connectivity index (χ1n) is 10.6. The first-order valence-corrected chi connectivity index (χ1v) is 10.6. The Balaban J connectivity index is 1.24. The van der Waals surface area contributed by atoms with Crippen LogP contribution in [0.5, 0.6) is 0 Å². The fraction of sp³-hybridized carbons (Fsp3) is 0.333. The summed E-state index contributed by atoms with van der Waals surface area (Å²) in [7, 11) is 0. The van der Waals surface area contributed by atoms with E-state index in [2.05, 4.69) is 32.1 Å². The Morgan fingerprint density at radius 3 is 2.65 bits per heavy atom. The van der Waals surface area contributed by atoms with Crippen molar-refractivity contribution in [2.45, 2.75) is 20.3 Å². The van der Waals surface area contributed by atoms with Crippen LogP contribution in [0.4, 0.5) is 10.2 Å². The minimum absolute atomic E-state index is 0.0155. The summed E-state index contributed by atoms with van der Waals surface area (Å²) >= 11 is 0. The molecule has 31 heavy (non-hydrogen) atoms. The molecule has 2 aromatic carbocycles. The van der Waals surface area contributed by atoms with Crippen LogP contribution in [-0.2, 0) is 6.42 Å². The van der Waals surface area contributed by atoms with Crippen molar-refractivity contribution in [3.8, 4) is 0 Å². The third-order valence-corrected chi connectivity index (χ3v) is 6.44. The van der Waals surface area contributed by atoms with Gasteiger partial charge in [0.05, 0.1) is 5.39 Å². The lowest BCUT2D eigenvalue weighted by atomic mass is 10.0. The molecule has 0 aliphatic carbocycles. The molecule has 1 aliphatic rings. The first kappa shape index (κ1) is 19.8. The molecule has 1 saturated heterocycles. The molecule has 0 spiro atoms. The van der Waals surface area contributed by atoms with Gasteiger partial charge in [-0.3, -0.25) is 9.69 Å². The number of nitrogens with one attached hydrogen (secondary N) is 1. The number of H-pyrrole nitrogens is 1. The average molecular weight is 420 g/mol. The van der Waals surface area contributed by atoms with Crippen molar-refractivity contribution >= 4 is 27.7 Å². The molecule has 6 nitrogen and oxygen atoms in total. The minimum atomic E-state index is -0.277. The van der Waals surface area contributed by atoms with Gasteiger partial charge >= 0.3 is 0 Å². The van der Waals surface area contributed by atoms with Crippen molar-refractivity contribution < 1.29 is 8.91 Å². The van der Waals surface area contributed by atoms with Crippen molar-refractivity contribution in [1.82, 2.24) is 15.0 Å². The highest BCUT2D eigenvalue weighted by Crippen LogP contribution is 2.27. The van der Waals surface area contributed by atoms with Gasteiger partial charge in [-0.2, -0.15) is 0 Å². The molecule has 0 bridgehead atoms. The van der Waals surface area contributed by atoms with Crippen LogP contribution in [0.25, 0.3) is 21.9 Å². The molecule has 5 rings (SSSR count). The number of aromatic amines is 1. The van der Waals surface area contributed by atoms with Gasteiger partial charge in [0, 0.05) is 49.2 Å². The number of anilines is 1. The molecule has 160 valence electrons. The zero-order chi connectivity index (χ0) is 21.5. The number of benzene rings is 2. The molecular formula is C24H25FN4O2. The maximum absolute atomic E-state index is 13.6. The predicted octanol–water partition coefficient (Wildman–Crippen LogP) is 3.79. The Morgan fingerprint density at radius 1 is 1.03 bits per heavy atom. The summed E-state index contributed by atoms with van der Waals surface area (Å²) < 4.78 is 19.0. The summed E-state index contributed by atoms with van der Waals surface area (Å²) in [5, 5.41) is 6.01. The second-order valence-electron chi connectivity index (χ2n) is 8.31. The predicted molar refractivity (Wildman–Crippen MR) is 120 cm³/mol. The van der Waals surface area contributed by atoms with E-state index >= 15 is 0 Å². The van der Waals surface area contributed by atoms with E-state index in [1.807, 2.05) is 19.9 Å². The molecule has 3 heterocycles. The summed E-state index contributed by atoms with van der Waals surface area (Å²) in [5.74, 6) is 0.448. The number of fused-ring (bicyclic) bond motifs is 2. The molecule has 4 aromatic rings. The summed E-state index contributed by atoms with van der Waals surface area (Å²) in [5.41, 5.74) is 4.58. The van der Waals surface area contributed by atoms with E-state index in [0.717, 1.165) is 72.4 Å². The highest BCUT2D eigenvalue weighted by Gasteiger charge is 2.22. The van der Waals surface area contributed by atoms with Crippen molar-refractivity contribution in [2.24, 2.45) is 0 Å². The van der Waals surface area contributed by atoms with E-state index in [1.165, 1.54) is 17.7 Å². The molecular weight excluding hydrogens is 395 g/mol. The number of aryl methyl sites for hydroxylation is 1. The van der Waals surface area contributed by atoms with Gasteiger partial charge in [0.25, 0.3) is 5.56 Å². The van der Waals surface area contributed by atoms with Gasteiger partial charge in [-0.15, -0.1) is 0 Å². The zero-order valence-corrected chi connectivity index (χ0v) is 17.7.